The zero-order valence-electron chi connectivity index (χ0n) is 13.3. The fourth-order valence-electron chi connectivity index (χ4n) is 3.10. The summed E-state index contributed by atoms with van der Waals surface area (Å²) in [5.41, 5.74) is 5.72. The minimum absolute atomic E-state index is 0.442. The Morgan fingerprint density at radius 1 is 1.21 bits per heavy atom. The van der Waals surface area contributed by atoms with Crippen molar-refractivity contribution in [2.24, 2.45) is 5.92 Å². The number of carbonyl (C=O) groups is 1. The van der Waals surface area contributed by atoms with Gasteiger partial charge in [0.1, 0.15) is 0 Å². The Morgan fingerprint density at radius 3 is 2.75 bits per heavy atom. The quantitative estimate of drug-likeness (QED) is 0.640. The number of ether oxygens (including phenoxy) is 1. The molecule has 0 spiro atoms. The lowest BCUT2D eigenvalue weighted by Crippen LogP contribution is -2.22. The second kappa shape index (κ2) is 7.79. The molecule has 126 valence electrons. The molecule has 2 aromatic carbocycles. The van der Waals surface area contributed by atoms with E-state index in [2.05, 4.69) is 0 Å². The number of amides is 1. The second-order valence-corrected chi connectivity index (χ2v) is 6.61. The Kier molecular flexibility index (Phi) is 5.51. The maximum Gasteiger partial charge on any atom is 0.274 e. The predicted octanol–water partition coefficient (Wildman–Crippen LogP) is 3.78. The molecule has 0 heterocycles. The highest BCUT2D eigenvalue weighted by Crippen LogP contribution is 2.27. The van der Waals surface area contributed by atoms with Crippen LogP contribution < -0.4 is 5.48 Å². The number of hydroxylamine groups is 1. The highest BCUT2D eigenvalue weighted by Gasteiger charge is 2.20. The molecule has 0 radical (unpaired) electrons. The van der Waals surface area contributed by atoms with Crippen molar-refractivity contribution < 1.29 is 14.7 Å². The van der Waals surface area contributed by atoms with Gasteiger partial charge in [-0.3, -0.25) is 10.0 Å². The van der Waals surface area contributed by atoms with Crippen molar-refractivity contribution >= 4 is 17.5 Å². The zero-order chi connectivity index (χ0) is 16.9. The van der Waals surface area contributed by atoms with Crippen molar-refractivity contribution in [1.29, 1.82) is 0 Å². The van der Waals surface area contributed by atoms with Crippen LogP contribution in [0.3, 0.4) is 0 Å². The van der Waals surface area contributed by atoms with Gasteiger partial charge in [0.2, 0.25) is 0 Å². The summed E-state index contributed by atoms with van der Waals surface area (Å²) in [6.07, 6.45) is 2.97. The van der Waals surface area contributed by atoms with Gasteiger partial charge in [0.25, 0.3) is 5.91 Å². The molecule has 0 saturated carbocycles. The molecule has 2 N–H and O–H groups in total. The molecular formula is C19H20ClNO3. The van der Waals surface area contributed by atoms with Gasteiger partial charge in [-0.05, 0) is 66.1 Å². The van der Waals surface area contributed by atoms with E-state index in [1.54, 1.807) is 11.5 Å². The van der Waals surface area contributed by atoms with Crippen molar-refractivity contribution in [1.82, 2.24) is 5.48 Å². The van der Waals surface area contributed by atoms with E-state index in [-0.39, 0.29) is 0 Å². The monoisotopic (exact) mass is 345 g/mol. The van der Waals surface area contributed by atoms with Crippen molar-refractivity contribution in [3.05, 3.63) is 69.7 Å². The number of hydrogen-bond donors (Lipinski definition) is 2. The number of rotatable bonds is 5. The summed E-state index contributed by atoms with van der Waals surface area (Å²) in [5, 5.41) is 9.49. The third-order valence-electron chi connectivity index (χ3n) is 4.44. The van der Waals surface area contributed by atoms with Crippen LogP contribution in [0.2, 0.25) is 5.02 Å². The smallest absolute Gasteiger partial charge is 0.274 e. The van der Waals surface area contributed by atoms with Gasteiger partial charge in [-0.1, -0.05) is 29.8 Å². The molecule has 0 aliphatic heterocycles. The summed E-state index contributed by atoms with van der Waals surface area (Å²) in [6.45, 7) is 1.27. The number of fused-ring (bicyclic) bond motifs is 1. The van der Waals surface area contributed by atoms with Crippen LogP contribution in [0.25, 0.3) is 0 Å². The number of halogens is 1. The maximum atomic E-state index is 11.5. The van der Waals surface area contributed by atoms with E-state index in [0.717, 1.165) is 29.8 Å². The summed E-state index contributed by atoms with van der Waals surface area (Å²) in [6, 6.07) is 13.3. The topological polar surface area (TPSA) is 58.6 Å². The highest BCUT2D eigenvalue weighted by atomic mass is 35.5. The van der Waals surface area contributed by atoms with E-state index in [1.165, 1.54) is 11.1 Å². The highest BCUT2D eigenvalue weighted by molar-refractivity contribution is 6.30. The SMILES string of the molecule is O=C(NO)c1ccc2c(c1)CC(COCc1ccc(Cl)cc1)CC2. The van der Waals surface area contributed by atoms with Crippen LogP contribution in [0, 0.1) is 5.92 Å². The van der Waals surface area contributed by atoms with Gasteiger partial charge in [-0.15, -0.1) is 0 Å². The fourth-order valence-corrected chi connectivity index (χ4v) is 3.23. The lowest BCUT2D eigenvalue weighted by molar-refractivity contribution is 0.0706. The summed E-state index contributed by atoms with van der Waals surface area (Å²) in [5.74, 6) is -0.0313. The molecule has 0 saturated heterocycles. The van der Waals surface area contributed by atoms with Crippen LogP contribution >= 0.6 is 11.6 Å². The Hall–Kier alpha value is -1.88. The molecule has 3 rings (SSSR count). The van der Waals surface area contributed by atoms with Gasteiger partial charge in [-0.2, -0.15) is 0 Å². The van der Waals surface area contributed by atoms with Gasteiger partial charge in [-0.25, -0.2) is 5.48 Å². The normalized spacial score (nSPS) is 16.5. The van der Waals surface area contributed by atoms with Gasteiger partial charge in [0.15, 0.2) is 0 Å². The fraction of sp³-hybridized carbons (Fsp3) is 0.316. The van der Waals surface area contributed by atoms with Crippen LogP contribution in [-0.4, -0.2) is 17.7 Å². The Balaban J connectivity index is 1.56. The van der Waals surface area contributed by atoms with Crippen LogP contribution in [0.5, 0.6) is 0 Å². The molecule has 2 aromatic rings. The molecule has 1 aliphatic carbocycles. The number of hydrogen-bond acceptors (Lipinski definition) is 3. The molecular weight excluding hydrogens is 326 g/mol. The van der Waals surface area contributed by atoms with Crippen molar-refractivity contribution in [2.45, 2.75) is 25.9 Å². The molecule has 1 atom stereocenters. The molecule has 24 heavy (non-hydrogen) atoms. The minimum Gasteiger partial charge on any atom is -0.376 e. The average Bonchev–Trinajstić information content (AvgIpc) is 2.62. The lowest BCUT2D eigenvalue weighted by atomic mass is 9.83. The van der Waals surface area contributed by atoms with Crippen LogP contribution in [0.4, 0.5) is 0 Å². The molecule has 1 aliphatic rings. The number of carbonyl (C=O) groups excluding carboxylic acids is 1. The third kappa shape index (κ3) is 4.15. The molecule has 5 heteroatoms. The third-order valence-corrected chi connectivity index (χ3v) is 4.69. The molecule has 0 bridgehead atoms. The predicted molar refractivity (Wildman–Crippen MR) is 92.3 cm³/mol. The van der Waals surface area contributed by atoms with Gasteiger partial charge in [0.05, 0.1) is 13.2 Å². The second-order valence-electron chi connectivity index (χ2n) is 6.17. The first-order valence-electron chi connectivity index (χ1n) is 8.04. The van der Waals surface area contributed by atoms with Crippen molar-refractivity contribution in [2.75, 3.05) is 6.61 Å². The summed E-state index contributed by atoms with van der Waals surface area (Å²) >= 11 is 5.88. The first-order valence-corrected chi connectivity index (χ1v) is 8.42. The van der Waals surface area contributed by atoms with E-state index in [0.29, 0.717) is 24.7 Å². The number of aryl methyl sites for hydroxylation is 1. The maximum absolute atomic E-state index is 11.5. The summed E-state index contributed by atoms with van der Waals surface area (Å²) < 4.78 is 5.85. The zero-order valence-corrected chi connectivity index (χ0v) is 14.1. The van der Waals surface area contributed by atoms with E-state index in [4.69, 9.17) is 21.5 Å². The number of benzene rings is 2. The van der Waals surface area contributed by atoms with Crippen molar-refractivity contribution in [3.63, 3.8) is 0 Å². The molecule has 1 amide bonds. The van der Waals surface area contributed by atoms with Crippen LogP contribution in [-0.2, 0) is 24.2 Å². The largest absolute Gasteiger partial charge is 0.376 e. The van der Waals surface area contributed by atoms with Gasteiger partial charge >= 0.3 is 0 Å². The average molecular weight is 346 g/mol. The minimum atomic E-state index is -0.473. The van der Waals surface area contributed by atoms with E-state index in [1.807, 2.05) is 36.4 Å². The van der Waals surface area contributed by atoms with Crippen LogP contribution in [0.1, 0.15) is 33.5 Å². The van der Waals surface area contributed by atoms with Crippen molar-refractivity contribution in [3.8, 4) is 0 Å². The van der Waals surface area contributed by atoms with E-state index < -0.39 is 5.91 Å². The standard InChI is InChI=1S/C19H20ClNO3/c20-18-7-2-13(3-8-18)11-24-12-14-1-4-15-5-6-16(19(22)21-23)10-17(15)9-14/h2-3,5-8,10,14,23H,1,4,9,11-12H2,(H,21,22). The van der Waals surface area contributed by atoms with E-state index >= 15 is 0 Å². The molecule has 0 aromatic heterocycles. The Labute approximate surface area is 146 Å². The lowest BCUT2D eigenvalue weighted by Gasteiger charge is -2.25. The molecule has 1 unspecified atom stereocenters. The van der Waals surface area contributed by atoms with E-state index in [9.17, 15) is 4.79 Å². The first kappa shape index (κ1) is 17.0. The Morgan fingerprint density at radius 2 is 2.00 bits per heavy atom. The first-order chi connectivity index (χ1) is 11.7. The molecule has 4 nitrogen and oxygen atoms in total. The molecule has 0 fully saturated rings. The van der Waals surface area contributed by atoms with Gasteiger partial charge in [0, 0.05) is 10.6 Å². The van der Waals surface area contributed by atoms with Crippen LogP contribution in [0.15, 0.2) is 42.5 Å². The summed E-state index contributed by atoms with van der Waals surface area (Å²) in [4.78, 5) is 11.5. The van der Waals surface area contributed by atoms with Gasteiger partial charge < -0.3 is 4.74 Å². The summed E-state index contributed by atoms with van der Waals surface area (Å²) in [7, 11) is 0. The number of nitrogens with one attached hydrogen (secondary N) is 1. The Bertz CT molecular complexity index is 715.